The van der Waals surface area contributed by atoms with Gasteiger partial charge in [0.25, 0.3) is 0 Å². The van der Waals surface area contributed by atoms with Crippen molar-refractivity contribution in [2.24, 2.45) is 5.73 Å². The number of amides is 1. The first-order valence-corrected chi connectivity index (χ1v) is 6.37. The Hall–Kier alpha value is -1.34. The Kier molecular flexibility index (Phi) is 6.42. The highest BCUT2D eigenvalue weighted by atomic mass is 35.5. The van der Waals surface area contributed by atoms with E-state index in [4.69, 9.17) is 10.5 Å². The van der Waals surface area contributed by atoms with Gasteiger partial charge in [0.05, 0.1) is 17.6 Å². The van der Waals surface area contributed by atoms with E-state index in [0.29, 0.717) is 5.69 Å². The van der Waals surface area contributed by atoms with Crippen molar-refractivity contribution in [2.45, 2.75) is 18.9 Å². The van der Waals surface area contributed by atoms with E-state index in [0.717, 1.165) is 36.3 Å². The molecule has 0 bridgehead atoms. The number of nitrogens with one attached hydrogen (secondary N) is 2. The lowest BCUT2D eigenvalue weighted by Crippen LogP contribution is -2.21. The third kappa shape index (κ3) is 3.85. The van der Waals surface area contributed by atoms with E-state index in [1.54, 1.807) is 0 Å². The molecule has 21 heavy (non-hydrogen) atoms. The zero-order valence-electron chi connectivity index (χ0n) is 11.3. The van der Waals surface area contributed by atoms with Crippen LogP contribution in [0, 0.1) is 0 Å². The third-order valence-corrected chi connectivity index (χ3v) is 3.20. The summed E-state index contributed by atoms with van der Waals surface area (Å²) in [5, 5.41) is 2.72. The molecule has 8 heteroatoms. The number of benzene rings is 1. The Morgan fingerprint density at radius 3 is 2.95 bits per heavy atom. The average molecular weight is 333 g/mol. The van der Waals surface area contributed by atoms with Gasteiger partial charge in [0.1, 0.15) is 11.9 Å². The Bertz CT molecular complexity index is 611. The van der Waals surface area contributed by atoms with Gasteiger partial charge in [-0.15, -0.1) is 24.8 Å². The lowest BCUT2D eigenvalue weighted by Gasteiger charge is -2.03. The Labute approximate surface area is 134 Å². The van der Waals surface area contributed by atoms with Gasteiger partial charge in [-0.3, -0.25) is 4.79 Å². The molecule has 3 rings (SSSR count). The monoisotopic (exact) mass is 332 g/mol. The van der Waals surface area contributed by atoms with Crippen LogP contribution in [0.2, 0.25) is 0 Å². The van der Waals surface area contributed by atoms with Crippen LogP contribution in [-0.2, 0) is 9.53 Å². The highest BCUT2D eigenvalue weighted by Gasteiger charge is 2.21. The molecule has 0 saturated carbocycles. The molecule has 1 aliphatic rings. The van der Waals surface area contributed by atoms with E-state index < -0.39 is 0 Å². The van der Waals surface area contributed by atoms with Crippen molar-refractivity contribution >= 4 is 47.4 Å². The SMILES string of the molecule is Cl.Cl.NCC(=O)Nc1ccc2nc(C3CCCO3)[nH]c2c1. The zero-order valence-corrected chi connectivity index (χ0v) is 12.9. The molecule has 4 N–H and O–H groups in total. The predicted octanol–water partition coefficient (Wildman–Crippen LogP) is 2.16. The Morgan fingerprint density at radius 2 is 2.29 bits per heavy atom. The van der Waals surface area contributed by atoms with Crippen LogP contribution in [0.4, 0.5) is 5.69 Å². The van der Waals surface area contributed by atoms with Crippen molar-refractivity contribution in [3.63, 3.8) is 0 Å². The van der Waals surface area contributed by atoms with E-state index >= 15 is 0 Å². The highest BCUT2D eigenvalue weighted by Crippen LogP contribution is 2.28. The molecule has 1 saturated heterocycles. The largest absolute Gasteiger partial charge is 0.370 e. The van der Waals surface area contributed by atoms with Crippen molar-refractivity contribution in [3.05, 3.63) is 24.0 Å². The second-order valence-corrected chi connectivity index (χ2v) is 4.61. The lowest BCUT2D eigenvalue weighted by atomic mass is 10.2. The molecular weight excluding hydrogens is 315 g/mol. The van der Waals surface area contributed by atoms with Gasteiger partial charge >= 0.3 is 0 Å². The number of hydrogen-bond donors (Lipinski definition) is 3. The first-order chi connectivity index (χ1) is 9.26. The van der Waals surface area contributed by atoms with Gasteiger partial charge in [-0.05, 0) is 31.0 Å². The second-order valence-electron chi connectivity index (χ2n) is 4.61. The van der Waals surface area contributed by atoms with Gasteiger partial charge in [-0.25, -0.2) is 4.98 Å². The minimum atomic E-state index is -0.210. The number of aromatic nitrogens is 2. The number of imidazole rings is 1. The van der Waals surface area contributed by atoms with Crippen LogP contribution >= 0.6 is 24.8 Å². The number of hydrogen-bond acceptors (Lipinski definition) is 4. The fraction of sp³-hybridized carbons (Fsp3) is 0.385. The van der Waals surface area contributed by atoms with Gasteiger partial charge in [0, 0.05) is 12.3 Å². The maximum absolute atomic E-state index is 11.2. The number of H-pyrrole nitrogens is 1. The van der Waals surface area contributed by atoms with Gasteiger partial charge in [-0.1, -0.05) is 0 Å². The van der Waals surface area contributed by atoms with Crippen LogP contribution < -0.4 is 11.1 Å². The summed E-state index contributed by atoms with van der Waals surface area (Å²) >= 11 is 0. The summed E-state index contributed by atoms with van der Waals surface area (Å²) in [5.41, 5.74) is 7.74. The summed E-state index contributed by atoms with van der Waals surface area (Å²) in [6.07, 6.45) is 2.13. The highest BCUT2D eigenvalue weighted by molar-refractivity contribution is 5.94. The molecule has 1 unspecified atom stereocenters. The van der Waals surface area contributed by atoms with Gasteiger partial charge in [0.2, 0.25) is 5.91 Å². The molecule has 2 aromatic rings. The predicted molar refractivity (Wildman–Crippen MR) is 86.2 cm³/mol. The maximum Gasteiger partial charge on any atom is 0.238 e. The van der Waals surface area contributed by atoms with E-state index in [9.17, 15) is 4.79 Å². The van der Waals surface area contributed by atoms with Crippen molar-refractivity contribution in [2.75, 3.05) is 18.5 Å². The topological polar surface area (TPSA) is 93.0 Å². The summed E-state index contributed by atoms with van der Waals surface area (Å²) in [7, 11) is 0. The van der Waals surface area contributed by atoms with Crippen LogP contribution in [-0.4, -0.2) is 29.0 Å². The van der Waals surface area contributed by atoms with Crippen LogP contribution in [0.1, 0.15) is 24.8 Å². The van der Waals surface area contributed by atoms with Gasteiger partial charge in [-0.2, -0.15) is 0 Å². The summed E-state index contributed by atoms with van der Waals surface area (Å²) in [6.45, 7) is 0.766. The van der Waals surface area contributed by atoms with Gasteiger partial charge < -0.3 is 20.8 Å². The normalized spacial score (nSPS) is 17.1. The number of halogens is 2. The molecule has 1 aromatic heterocycles. The molecule has 1 fully saturated rings. The molecule has 0 radical (unpaired) electrons. The minimum absolute atomic E-state index is 0. The molecule has 1 aromatic carbocycles. The standard InChI is InChI=1S/C13H16N4O2.2ClH/c14-7-12(18)15-8-3-4-9-10(6-8)17-13(16-9)11-2-1-5-19-11;;/h3-4,6,11H,1-2,5,7,14H2,(H,15,18)(H,16,17);2*1H. The van der Waals surface area contributed by atoms with E-state index in [1.807, 2.05) is 18.2 Å². The molecule has 116 valence electrons. The fourth-order valence-corrected chi connectivity index (χ4v) is 2.26. The first-order valence-electron chi connectivity index (χ1n) is 6.37. The Morgan fingerprint density at radius 1 is 1.48 bits per heavy atom. The quantitative estimate of drug-likeness (QED) is 0.802. The molecule has 1 atom stereocenters. The first kappa shape index (κ1) is 17.7. The van der Waals surface area contributed by atoms with Gasteiger partial charge in [0.15, 0.2) is 0 Å². The molecule has 1 amide bonds. The number of rotatable bonds is 3. The summed E-state index contributed by atoms with van der Waals surface area (Å²) < 4.78 is 5.60. The Balaban J connectivity index is 0.00000110. The van der Waals surface area contributed by atoms with Crippen LogP contribution in [0.3, 0.4) is 0 Å². The molecule has 0 aliphatic carbocycles. The average Bonchev–Trinajstić information content (AvgIpc) is 3.06. The molecule has 2 heterocycles. The molecule has 1 aliphatic heterocycles. The summed E-state index contributed by atoms with van der Waals surface area (Å²) in [6, 6.07) is 5.54. The number of anilines is 1. The van der Waals surface area contributed by atoms with Crippen LogP contribution in [0.5, 0.6) is 0 Å². The number of carbonyl (C=O) groups is 1. The van der Waals surface area contributed by atoms with E-state index in [2.05, 4.69) is 15.3 Å². The van der Waals surface area contributed by atoms with Crippen LogP contribution in [0.15, 0.2) is 18.2 Å². The minimum Gasteiger partial charge on any atom is -0.370 e. The fourth-order valence-electron chi connectivity index (χ4n) is 2.26. The zero-order chi connectivity index (χ0) is 13.2. The third-order valence-electron chi connectivity index (χ3n) is 3.20. The van der Waals surface area contributed by atoms with Crippen molar-refractivity contribution in [1.29, 1.82) is 0 Å². The number of nitrogens with two attached hydrogens (primary N) is 1. The van der Waals surface area contributed by atoms with Crippen molar-refractivity contribution < 1.29 is 9.53 Å². The van der Waals surface area contributed by atoms with Crippen LogP contribution in [0.25, 0.3) is 11.0 Å². The van der Waals surface area contributed by atoms with E-state index in [-0.39, 0.29) is 43.4 Å². The molecule has 0 spiro atoms. The molecular formula is C13H18Cl2N4O2. The smallest absolute Gasteiger partial charge is 0.238 e. The second kappa shape index (κ2) is 7.61. The van der Waals surface area contributed by atoms with Crippen molar-refractivity contribution in [1.82, 2.24) is 9.97 Å². The number of nitrogens with zero attached hydrogens (tertiary/aromatic N) is 1. The lowest BCUT2D eigenvalue weighted by molar-refractivity contribution is -0.114. The maximum atomic E-state index is 11.2. The number of fused-ring (bicyclic) bond motifs is 1. The van der Waals surface area contributed by atoms with Crippen molar-refractivity contribution in [3.8, 4) is 0 Å². The number of carbonyl (C=O) groups excluding carboxylic acids is 1. The number of aromatic amines is 1. The summed E-state index contributed by atoms with van der Waals surface area (Å²) in [4.78, 5) is 19.0. The number of ether oxygens (including phenoxy) is 1. The van der Waals surface area contributed by atoms with E-state index in [1.165, 1.54) is 0 Å². The molecule has 6 nitrogen and oxygen atoms in total. The summed E-state index contributed by atoms with van der Waals surface area (Å²) in [5.74, 6) is 0.646.